The first-order chi connectivity index (χ1) is 6.72. The lowest BCUT2D eigenvalue weighted by atomic mass is 9.96. The maximum Gasteiger partial charge on any atom is 0.126 e. The number of terminal acetylenes is 1. The molecule has 14 heavy (non-hydrogen) atoms. The van der Waals surface area contributed by atoms with Gasteiger partial charge in [-0.25, -0.2) is 4.39 Å². The molecule has 0 N–H and O–H groups in total. The maximum atomic E-state index is 12.9. The van der Waals surface area contributed by atoms with E-state index in [0.29, 0.717) is 5.75 Å². The Balaban J connectivity index is 2.49. The fourth-order valence-electron chi connectivity index (χ4n) is 1.68. The van der Waals surface area contributed by atoms with Gasteiger partial charge in [0.1, 0.15) is 11.6 Å². The summed E-state index contributed by atoms with van der Waals surface area (Å²) in [7, 11) is 1.53. The Morgan fingerprint density at radius 3 is 2.71 bits per heavy atom. The summed E-state index contributed by atoms with van der Waals surface area (Å²) in [5.74, 6) is 3.02. The lowest BCUT2D eigenvalue weighted by Gasteiger charge is -2.12. The molecule has 0 heterocycles. The Hall–Kier alpha value is -1.49. The summed E-state index contributed by atoms with van der Waals surface area (Å²) in [6, 6.07) is 4.53. The van der Waals surface area contributed by atoms with E-state index in [1.807, 2.05) is 0 Å². The lowest BCUT2D eigenvalue weighted by Crippen LogP contribution is -2.05. The highest BCUT2D eigenvalue weighted by Crippen LogP contribution is 2.50. The van der Waals surface area contributed by atoms with Crippen LogP contribution < -0.4 is 4.74 Å². The van der Waals surface area contributed by atoms with Crippen molar-refractivity contribution in [1.82, 2.24) is 0 Å². The first-order valence-corrected chi connectivity index (χ1v) is 4.54. The van der Waals surface area contributed by atoms with Crippen LogP contribution in [0.5, 0.6) is 5.75 Å². The number of hydrogen-bond acceptors (Lipinski definition) is 1. The normalized spacial score (nSPS) is 17.2. The van der Waals surface area contributed by atoms with Crippen molar-refractivity contribution in [3.05, 3.63) is 29.6 Å². The highest BCUT2D eigenvalue weighted by molar-refractivity contribution is 5.49. The molecular formula is C12H11FO. The van der Waals surface area contributed by atoms with Crippen molar-refractivity contribution < 1.29 is 9.13 Å². The molecule has 2 heteroatoms. The molecule has 1 fully saturated rings. The van der Waals surface area contributed by atoms with Crippen molar-refractivity contribution in [2.45, 2.75) is 18.3 Å². The molecule has 0 aromatic heterocycles. The fourth-order valence-corrected chi connectivity index (χ4v) is 1.68. The average molecular weight is 190 g/mol. The molecule has 2 rings (SSSR count). The number of benzene rings is 1. The van der Waals surface area contributed by atoms with Crippen LogP contribution in [-0.4, -0.2) is 7.11 Å². The second kappa shape index (κ2) is 3.02. The molecule has 0 spiro atoms. The van der Waals surface area contributed by atoms with Crippen molar-refractivity contribution in [2.24, 2.45) is 0 Å². The van der Waals surface area contributed by atoms with Crippen LogP contribution in [0.25, 0.3) is 0 Å². The molecule has 0 atom stereocenters. The Kier molecular flexibility index (Phi) is 1.96. The Bertz CT molecular complexity index is 399. The van der Waals surface area contributed by atoms with Gasteiger partial charge in [-0.2, -0.15) is 0 Å². The van der Waals surface area contributed by atoms with E-state index in [4.69, 9.17) is 11.2 Å². The zero-order chi connectivity index (χ0) is 10.2. The van der Waals surface area contributed by atoms with Crippen LogP contribution in [0.15, 0.2) is 18.2 Å². The monoisotopic (exact) mass is 190 g/mol. The van der Waals surface area contributed by atoms with Gasteiger partial charge in [0, 0.05) is 11.6 Å². The topological polar surface area (TPSA) is 9.23 Å². The van der Waals surface area contributed by atoms with Gasteiger partial charge >= 0.3 is 0 Å². The third kappa shape index (κ3) is 1.26. The van der Waals surface area contributed by atoms with E-state index in [1.165, 1.54) is 19.2 Å². The summed E-state index contributed by atoms with van der Waals surface area (Å²) in [5, 5.41) is 0. The Morgan fingerprint density at radius 2 is 2.21 bits per heavy atom. The van der Waals surface area contributed by atoms with Crippen LogP contribution in [0.1, 0.15) is 18.4 Å². The van der Waals surface area contributed by atoms with E-state index in [2.05, 4.69) is 5.92 Å². The molecule has 0 saturated heterocycles. The van der Waals surface area contributed by atoms with Gasteiger partial charge in [0.05, 0.1) is 12.5 Å². The van der Waals surface area contributed by atoms with Gasteiger partial charge in [0.15, 0.2) is 0 Å². The summed E-state index contributed by atoms with van der Waals surface area (Å²) < 4.78 is 18.0. The zero-order valence-electron chi connectivity index (χ0n) is 8.01. The molecule has 1 saturated carbocycles. The Morgan fingerprint density at radius 1 is 1.50 bits per heavy atom. The molecule has 1 aromatic carbocycles. The third-order valence-corrected chi connectivity index (χ3v) is 2.71. The maximum absolute atomic E-state index is 12.9. The number of hydrogen-bond donors (Lipinski definition) is 0. The van der Waals surface area contributed by atoms with Crippen molar-refractivity contribution in [3.63, 3.8) is 0 Å². The summed E-state index contributed by atoms with van der Waals surface area (Å²) >= 11 is 0. The molecule has 1 aliphatic carbocycles. The van der Waals surface area contributed by atoms with E-state index < -0.39 is 0 Å². The van der Waals surface area contributed by atoms with E-state index in [1.54, 1.807) is 6.07 Å². The van der Waals surface area contributed by atoms with Crippen LogP contribution in [0, 0.1) is 18.2 Å². The summed E-state index contributed by atoms with van der Waals surface area (Å²) in [4.78, 5) is 0. The van der Waals surface area contributed by atoms with Crippen molar-refractivity contribution in [3.8, 4) is 18.1 Å². The predicted octanol–water partition coefficient (Wildman–Crippen LogP) is 2.50. The second-order valence-corrected chi connectivity index (χ2v) is 3.57. The largest absolute Gasteiger partial charge is 0.496 e. The highest BCUT2D eigenvalue weighted by atomic mass is 19.1. The molecule has 0 radical (unpaired) electrons. The van der Waals surface area contributed by atoms with E-state index in [-0.39, 0.29) is 11.2 Å². The van der Waals surface area contributed by atoms with E-state index >= 15 is 0 Å². The van der Waals surface area contributed by atoms with Crippen molar-refractivity contribution >= 4 is 0 Å². The standard InChI is InChI=1S/C12H11FO/c1-3-12(6-7-12)10-5-4-9(13)8-11(10)14-2/h1,4-5,8H,6-7H2,2H3. The van der Waals surface area contributed by atoms with Gasteiger partial charge in [-0.1, -0.05) is 12.0 Å². The first-order valence-electron chi connectivity index (χ1n) is 4.54. The number of methoxy groups -OCH3 is 1. The lowest BCUT2D eigenvalue weighted by molar-refractivity contribution is 0.404. The smallest absolute Gasteiger partial charge is 0.126 e. The van der Waals surface area contributed by atoms with Crippen molar-refractivity contribution in [1.29, 1.82) is 0 Å². The van der Waals surface area contributed by atoms with Crippen LogP contribution in [0.2, 0.25) is 0 Å². The first kappa shape index (κ1) is 9.08. The Labute approximate surface area is 82.9 Å². The van der Waals surface area contributed by atoms with Crippen LogP contribution in [-0.2, 0) is 5.41 Å². The summed E-state index contributed by atoms with van der Waals surface area (Å²) in [6.45, 7) is 0. The second-order valence-electron chi connectivity index (χ2n) is 3.57. The molecule has 0 unspecified atom stereocenters. The van der Waals surface area contributed by atoms with E-state index in [9.17, 15) is 4.39 Å². The quantitative estimate of drug-likeness (QED) is 0.651. The predicted molar refractivity (Wildman–Crippen MR) is 52.7 cm³/mol. The molecule has 72 valence electrons. The summed E-state index contributed by atoms with van der Waals surface area (Å²) in [6.07, 6.45) is 7.39. The SMILES string of the molecule is C#CC1(c2ccc(F)cc2OC)CC1. The van der Waals surface area contributed by atoms with Crippen LogP contribution in [0.3, 0.4) is 0 Å². The van der Waals surface area contributed by atoms with E-state index in [0.717, 1.165) is 18.4 Å². The minimum Gasteiger partial charge on any atom is -0.496 e. The van der Waals surface area contributed by atoms with Crippen molar-refractivity contribution in [2.75, 3.05) is 7.11 Å². The molecule has 1 aromatic rings. The zero-order valence-corrected chi connectivity index (χ0v) is 8.01. The highest BCUT2D eigenvalue weighted by Gasteiger charge is 2.44. The van der Waals surface area contributed by atoms with Crippen LogP contribution in [0.4, 0.5) is 4.39 Å². The minimum absolute atomic E-state index is 0.195. The molecule has 0 aliphatic heterocycles. The molecule has 0 amide bonds. The van der Waals surface area contributed by atoms with Gasteiger partial charge in [-0.05, 0) is 18.9 Å². The number of ether oxygens (including phenoxy) is 1. The van der Waals surface area contributed by atoms with Gasteiger partial charge in [-0.3, -0.25) is 0 Å². The third-order valence-electron chi connectivity index (χ3n) is 2.71. The average Bonchev–Trinajstić information content (AvgIpc) is 2.98. The van der Waals surface area contributed by atoms with Gasteiger partial charge in [-0.15, -0.1) is 6.42 Å². The number of rotatable bonds is 2. The molecule has 1 aliphatic rings. The van der Waals surface area contributed by atoms with Gasteiger partial charge in [0.25, 0.3) is 0 Å². The summed E-state index contributed by atoms with van der Waals surface area (Å²) in [5.41, 5.74) is 0.739. The van der Waals surface area contributed by atoms with Gasteiger partial charge < -0.3 is 4.74 Å². The molecular weight excluding hydrogens is 179 g/mol. The molecule has 1 nitrogen and oxygen atoms in total. The fraction of sp³-hybridized carbons (Fsp3) is 0.333. The van der Waals surface area contributed by atoms with Gasteiger partial charge in [0.2, 0.25) is 0 Å². The minimum atomic E-state index is -0.293. The van der Waals surface area contributed by atoms with Crippen LogP contribution >= 0.6 is 0 Å². The molecule has 0 bridgehead atoms. The number of halogens is 1.